The van der Waals surface area contributed by atoms with Crippen molar-refractivity contribution in [3.63, 3.8) is 0 Å². The van der Waals surface area contributed by atoms with Crippen LogP contribution in [0.15, 0.2) is 78.9 Å². The van der Waals surface area contributed by atoms with Gasteiger partial charge in [0.25, 0.3) is 0 Å². The summed E-state index contributed by atoms with van der Waals surface area (Å²) in [5.41, 5.74) is 2.21. The maximum absolute atomic E-state index is 13.1. The molecule has 1 unspecified atom stereocenters. The largest absolute Gasteiger partial charge is 0.435 e. The fraction of sp³-hybridized carbons (Fsp3) is 0.200. The number of sulfone groups is 1. The SMILES string of the molecule is N#CCNC(=O)C(CS(=O)(=O)Cc1ccccc1OC(F)F)c1cccc(-c2ccccc2)c1. The predicted octanol–water partition coefficient (Wildman–Crippen LogP) is 4.29. The third kappa shape index (κ3) is 6.86. The van der Waals surface area contributed by atoms with Gasteiger partial charge < -0.3 is 10.1 Å². The molecular formula is C25H22F2N2O4S. The van der Waals surface area contributed by atoms with Crippen molar-refractivity contribution in [1.29, 1.82) is 5.26 Å². The van der Waals surface area contributed by atoms with Crippen LogP contribution in [0.25, 0.3) is 11.1 Å². The van der Waals surface area contributed by atoms with Crippen molar-refractivity contribution in [3.05, 3.63) is 90.0 Å². The molecule has 34 heavy (non-hydrogen) atoms. The van der Waals surface area contributed by atoms with Gasteiger partial charge in [-0.05, 0) is 22.8 Å². The van der Waals surface area contributed by atoms with Crippen LogP contribution in [0.5, 0.6) is 5.75 Å². The van der Waals surface area contributed by atoms with Gasteiger partial charge in [0.15, 0.2) is 9.84 Å². The molecule has 0 saturated heterocycles. The van der Waals surface area contributed by atoms with Crippen LogP contribution >= 0.6 is 0 Å². The summed E-state index contributed by atoms with van der Waals surface area (Å²) < 4.78 is 56.0. The van der Waals surface area contributed by atoms with Crippen molar-refractivity contribution in [1.82, 2.24) is 5.32 Å². The zero-order valence-corrected chi connectivity index (χ0v) is 18.8. The fourth-order valence-corrected chi connectivity index (χ4v) is 5.20. The van der Waals surface area contributed by atoms with Crippen molar-refractivity contribution < 1.29 is 26.7 Å². The van der Waals surface area contributed by atoms with E-state index in [9.17, 15) is 22.0 Å². The highest BCUT2D eigenvalue weighted by Gasteiger charge is 2.28. The number of hydrogen-bond acceptors (Lipinski definition) is 5. The number of nitriles is 1. The average molecular weight is 485 g/mol. The minimum Gasteiger partial charge on any atom is -0.435 e. The summed E-state index contributed by atoms with van der Waals surface area (Å²) >= 11 is 0. The zero-order valence-electron chi connectivity index (χ0n) is 18.0. The van der Waals surface area contributed by atoms with E-state index in [0.29, 0.717) is 5.56 Å². The molecule has 0 aromatic heterocycles. The van der Waals surface area contributed by atoms with Crippen LogP contribution in [-0.2, 0) is 20.4 Å². The van der Waals surface area contributed by atoms with Gasteiger partial charge in [0.05, 0.1) is 23.5 Å². The van der Waals surface area contributed by atoms with Crippen molar-refractivity contribution in [3.8, 4) is 22.9 Å². The van der Waals surface area contributed by atoms with Crippen LogP contribution < -0.4 is 10.1 Å². The first-order valence-electron chi connectivity index (χ1n) is 10.3. The second kappa shape index (κ2) is 11.4. The molecule has 0 aliphatic rings. The molecule has 0 fully saturated rings. The van der Waals surface area contributed by atoms with Gasteiger partial charge in [-0.3, -0.25) is 4.79 Å². The van der Waals surface area contributed by atoms with Gasteiger partial charge >= 0.3 is 6.61 Å². The van der Waals surface area contributed by atoms with Crippen molar-refractivity contribution in [2.45, 2.75) is 18.3 Å². The molecule has 1 amide bonds. The number of rotatable bonds is 10. The molecule has 0 bridgehead atoms. The Morgan fingerprint density at radius 2 is 1.65 bits per heavy atom. The molecule has 0 radical (unpaired) electrons. The number of nitrogens with one attached hydrogen (secondary N) is 1. The minimum absolute atomic E-state index is 0.0667. The number of halogens is 2. The van der Waals surface area contributed by atoms with E-state index in [1.54, 1.807) is 24.3 Å². The summed E-state index contributed by atoms with van der Waals surface area (Å²) in [6.07, 6.45) is 0. The van der Waals surface area contributed by atoms with Crippen LogP contribution in [-0.4, -0.2) is 33.2 Å². The molecule has 6 nitrogen and oxygen atoms in total. The van der Waals surface area contributed by atoms with Crippen LogP contribution in [0.1, 0.15) is 17.0 Å². The molecule has 0 aliphatic heterocycles. The summed E-state index contributed by atoms with van der Waals surface area (Å²) in [7, 11) is -3.96. The van der Waals surface area contributed by atoms with E-state index in [2.05, 4.69) is 10.1 Å². The van der Waals surface area contributed by atoms with Gasteiger partial charge in [-0.2, -0.15) is 14.0 Å². The lowest BCUT2D eigenvalue weighted by atomic mass is 9.95. The smallest absolute Gasteiger partial charge is 0.387 e. The normalized spacial score (nSPS) is 12.1. The Morgan fingerprint density at radius 1 is 0.971 bits per heavy atom. The Kier molecular flexibility index (Phi) is 8.33. The first kappa shape index (κ1) is 24.9. The number of amides is 1. The van der Waals surface area contributed by atoms with Crippen molar-refractivity contribution in [2.75, 3.05) is 12.3 Å². The second-order valence-electron chi connectivity index (χ2n) is 7.46. The summed E-state index contributed by atoms with van der Waals surface area (Å²) in [5.74, 6) is -3.13. The molecule has 0 spiro atoms. The zero-order chi connectivity index (χ0) is 24.6. The number of ether oxygens (including phenoxy) is 1. The highest BCUT2D eigenvalue weighted by molar-refractivity contribution is 7.90. The van der Waals surface area contributed by atoms with Gasteiger partial charge in [-0.25, -0.2) is 8.42 Å². The van der Waals surface area contributed by atoms with Crippen LogP contribution in [0.3, 0.4) is 0 Å². The highest BCUT2D eigenvalue weighted by atomic mass is 32.2. The molecule has 9 heteroatoms. The minimum atomic E-state index is -3.96. The number of carbonyl (C=O) groups excluding carboxylic acids is 1. The van der Waals surface area contributed by atoms with Crippen LogP contribution in [0.2, 0.25) is 0 Å². The van der Waals surface area contributed by atoms with Gasteiger partial charge in [0, 0.05) is 5.56 Å². The van der Waals surface area contributed by atoms with Crippen molar-refractivity contribution >= 4 is 15.7 Å². The lowest BCUT2D eigenvalue weighted by Gasteiger charge is -2.18. The molecule has 0 aliphatic carbocycles. The van der Waals surface area contributed by atoms with Crippen LogP contribution in [0, 0.1) is 11.3 Å². The molecule has 0 heterocycles. The third-order valence-electron chi connectivity index (χ3n) is 5.04. The maximum atomic E-state index is 13.1. The average Bonchev–Trinajstić information content (AvgIpc) is 2.82. The number of benzene rings is 3. The van der Waals surface area contributed by atoms with Gasteiger partial charge in [-0.1, -0.05) is 72.8 Å². The Hall–Kier alpha value is -3.77. The Bertz CT molecular complexity index is 1280. The van der Waals surface area contributed by atoms with Crippen LogP contribution in [0.4, 0.5) is 8.78 Å². The molecule has 3 aromatic carbocycles. The van der Waals surface area contributed by atoms with Gasteiger partial charge in [0.2, 0.25) is 5.91 Å². The predicted molar refractivity (Wildman–Crippen MR) is 124 cm³/mol. The Morgan fingerprint density at radius 3 is 2.35 bits per heavy atom. The highest BCUT2D eigenvalue weighted by Crippen LogP contribution is 2.28. The maximum Gasteiger partial charge on any atom is 0.387 e. The fourth-order valence-electron chi connectivity index (χ4n) is 3.52. The molecule has 3 aromatic rings. The molecule has 1 atom stereocenters. The van der Waals surface area contributed by atoms with E-state index < -0.39 is 39.8 Å². The number of nitrogens with zero attached hydrogens (tertiary/aromatic N) is 1. The van der Waals surface area contributed by atoms with E-state index in [1.807, 2.05) is 36.4 Å². The monoisotopic (exact) mass is 484 g/mol. The number of alkyl halides is 2. The lowest BCUT2D eigenvalue weighted by Crippen LogP contribution is -2.34. The number of para-hydroxylation sites is 1. The first-order chi connectivity index (χ1) is 16.3. The quantitative estimate of drug-likeness (QED) is 0.433. The summed E-state index contributed by atoms with van der Waals surface area (Å²) in [5, 5.41) is 11.3. The van der Waals surface area contributed by atoms with Gasteiger partial charge in [0.1, 0.15) is 12.3 Å². The van der Waals surface area contributed by atoms with Crippen molar-refractivity contribution in [2.24, 2.45) is 0 Å². The number of carbonyl (C=O) groups is 1. The van der Waals surface area contributed by atoms with E-state index in [-0.39, 0.29) is 17.9 Å². The second-order valence-corrected chi connectivity index (χ2v) is 9.57. The van der Waals surface area contributed by atoms with E-state index in [1.165, 1.54) is 24.3 Å². The summed E-state index contributed by atoms with van der Waals surface area (Å²) in [4.78, 5) is 12.8. The Labute approximate surface area is 196 Å². The topological polar surface area (TPSA) is 96.3 Å². The standard InChI is InChI=1S/C25H22F2N2O4S/c26-25(27)33-23-12-5-4-9-21(23)16-34(31,32)17-22(24(30)29-14-13-28)20-11-6-10-19(15-20)18-7-2-1-3-8-18/h1-12,15,22,25H,14,16-17H2,(H,29,30). The van der Waals surface area contributed by atoms with Gasteiger partial charge in [-0.15, -0.1) is 0 Å². The first-order valence-corrected chi connectivity index (χ1v) is 12.1. The number of hydrogen-bond donors (Lipinski definition) is 1. The third-order valence-corrected chi connectivity index (χ3v) is 6.63. The van der Waals surface area contributed by atoms with E-state index >= 15 is 0 Å². The summed E-state index contributed by atoms with van der Waals surface area (Å²) in [6, 6.07) is 23.7. The van der Waals surface area contributed by atoms with E-state index in [4.69, 9.17) is 5.26 Å². The van der Waals surface area contributed by atoms with E-state index in [0.717, 1.165) is 11.1 Å². The summed E-state index contributed by atoms with van der Waals surface area (Å²) in [6.45, 7) is -3.38. The molecule has 3 rings (SSSR count). The molecular weight excluding hydrogens is 462 g/mol. The molecule has 176 valence electrons. The molecule has 0 saturated carbocycles. The Balaban J connectivity index is 1.92. The lowest BCUT2D eigenvalue weighted by molar-refractivity contribution is -0.121. The molecule has 1 N–H and O–H groups in total.